The highest BCUT2D eigenvalue weighted by molar-refractivity contribution is 9.09. The standard InChI is InChI=1S/C20H22BrN5O9/c21-4-16(27)22-11-1-2-12-13(3-11)24-15(6-26(9-19(32)33)10-20(34)35)14(23-12)5-25(7-17(28)29)8-18(30)31/h1-3H,4-10H2,(H,22,27)(H,28,29)(H,30,31)(H,32,33)(H,34,35). The molecule has 1 aromatic carbocycles. The summed E-state index contributed by atoms with van der Waals surface area (Å²) in [7, 11) is 0. The van der Waals surface area contributed by atoms with Gasteiger partial charge >= 0.3 is 23.9 Å². The first-order valence-electron chi connectivity index (χ1n) is 9.94. The van der Waals surface area contributed by atoms with E-state index < -0.39 is 50.1 Å². The van der Waals surface area contributed by atoms with Gasteiger partial charge in [-0.1, -0.05) is 15.9 Å². The van der Waals surface area contributed by atoms with Crippen molar-refractivity contribution < 1.29 is 44.4 Å². The van der Waals surface area contributed by atoms with E-state index in [4.69, 9.17) is 20.4 Å². The molecule has 35 heavy (non-hydrogen) atoms. The fourth-order valence-corrected chi connectivity index (χ4v) is 3.32. The Kier molecular flexibility index (Phi) is 9.98. The minimum atomic E-state index is -1.28. The van der Waals surface area contributed by atoms with Gasteiger partial charge in [-0.3, -0.25) is 33.8 Å². The van der Waals surface area contributed by atoms with Gasteiger partial charge in [0.1, 0.15) is 0 Å². The zero-order valence-corrected chi connectivity index (χ0v) is 19.8. The summed E-state index contributed by atoms with van der Waals surface area (Å²) in [6.45, 7) is -3.01. The van der Waals surface area contributed by atoms with E-state index >= 15 is 0 Å². The molecule has 2 rings (SSSR count). The first-order chi connectivity index (χ1) is 16.5. The van der Waals surface area contributed by atoms with Crippen LogP contribution in [0.5, 0.6) is 0 Å². The summed E-state index contributed by atoms with van der Waals surface area (Å²) in [5.41, 5.74) is 1.32. The molecule has 0 radical (unpaired) electrons. The molecule has 0 fully saturated rings. The molecule has 0 aliphatic rings. The number of hydrogen-bond donors (Lipinski definition) is 5. The number of carboxylic acid groups (broad SMARTS) is 4. The largest absolute Gasteiger partial charge is 0.480 e. The Morgan fingerprint density at radius 3 is 1.57 bits per heavy atom. The van der Waals surface area contributed by atoms with Gasteiger partial charge in [-0.2, -0.15) is 0 Å². The van der Waals surface area contributed by atoms with Crippen molar-refractivity contribution in [2.75, 3.05) is 36.8 Å². The van der Waals surface area contributed by atoms with Gasteiger partial charge in [0.2, 0.25) is 5.91 Å². The van der Waals surface area contributed by atoms with Gasteiger partial charge in [-0.25, -0.2) is 9.97 Å². The molecular weight excluding hydrogens is 534 g/mol. The van der Waals surface area contributed by atoms with E-state index in [0.717, 1.165) is 9.80 Å². The number of carboxylic acids is 4. The summed E-state index contributed by atoms with van der Waals surface area (Å²) < 4.78 is 0. The Hall–Kier alpha value is -3.69. The van der Waals surface area contributed by atoms with Crippen molar-refractivity contribution in [1.29, 1.82) is 0 Å². The first-order valence-corrected chi connectivity index (χ1v) is 11.1. The highest BCUT2D eigenvalue weighted by Crippen LogP contribution is 2.20. The molecular formula is C20H22BrN5O9. The molecule has 0 unspecified atom stereocenters. The second-order valence-corrected chi connectivity index (χ2v) is 7.93. The summed E-state index contributed by atoms with van der Waals surface area (Å²) in [6, 6.07) is 4.63. The number of alkyl halides is 1. The lowest BCUT2D eigenvalue weighted by atomic mass is 10.2. The molecule has 1 heterocycles. The number of carbonyl (C=O) groups excluding carboxylic acids is 1. The van der Waals surface area contributed by atoms with Crippen molar-refractivity contribution >= 4 is 62.4 Å². The van der Waals surface area contributed by atoms with Crippen LogP contribution in [0.3, 0.4) is 0 Å². The van der Waals surface area contributed by atoms with Gasteiger partial charge in [0, 0.05) is 18.8 Å². The first kappa shape index (κ1) is 27.6. The van der Waals surface area contributed by atoms with Crippen molar-refractivity contribution in [3.8, 4) is 0 Å². The topological polar surface area (TPSA) is 211 Å². The number of fused-ring (bicyclic) bond motifs is 1. The summed E-state index contributed by atoms with van der Waals surface area (Å²) >= 11 is 3.04. The van der Waals surface area contributed by atoms with Crippen LogP contribution in [0, 0.1) is 0 Å². The number of carbonyl (C=O) groups is 5. The molecule has 0 aliphatic carbocycles. The number of aromatic nitrogens is 2. The van der Waals surface area contributed by atoms with E-state index in [-0.39, 0.29) is 35.7 Å². The summed E-state index contributed by atoms with van der Waals surface area (Å²) in [5.74, 6) is -5.42. The van der Waals surface area contributed by atoms with Crippen LogP contribution < -0.4 is 5.32 Å². The zero-order valence-electron chi connectivity index (χ0n) is 18.2. The number of nitrogens with zero attached hydrogens (tertiary/aromatic N) is 4. The monoisotopic (exact) mass is 555 g/mol. The van der Waals surface area contributed by atoms with Crippen LogP contribution in [0.1, 0.15) is 11.4 Å². The minimum Gasteiger partial charge on any atom is -0.480 e. The lowest BCUT2D eigenvalue weighted by Crippen LogP contribution is -2.36. The molecule has 0 aliphatic heterocycles. The molecule has 0 spiro atoms. The maximum Gasteiger partial charge on any atom is 0.317 e. The van der Waals surface area contributed by atoms with Crippen LogP contribution in [-0.2, 0) is 37.1 Å². The van der Waals surface area contributed by atoms with Crippen LogP contribution in [-0.4, -0.2) is 101 Å². The number of aliphatic carboxylic acids is 4. The number of rotatable bonds is 14. The summed E-state index contributed by atoms with van der Waals surface area (Å²) in [4.78, 5) is 67.6. The van der Waals surface area contributed by atoms with Crippen LogP contribution in [0.25, 0.3) is 11.0 Å². The Morgan fingerprint density at radius 1 is 0.743 bits per heavy atom. The second kappa shape index (κ2) is 12.7. The highest BCUT2D eigenvalue weighted by atomic mass is 79.9. The fourth-order valence-electron chi connectivity index (χ4n) is 3.18. The van der Waals surface area contributed by atoms with Gasteiger partial charge in [0.25, 0.3) is 0 Å². The number of anilines is 1. The molecule has 1 aromatic heterocycles. The maximum absolute atomic E-state index is 11.7. The van der Waals surface area contributed by atoms with E-state index in [9.17, 15) is 24.0 Å². The quantitative estimate of drug-likeness (QED) is 0.193. The van der Waals surface area contributed by atoms with Crippen LogP contribution in [0.2, 0.25) is 0 Å². The van der Waals surface area contributed by atoms with E-state index in [1.807, 2.05) is 0 Å². The Balaban J connectivity index is 2.54. The molecule has 0 saturated heterocycles. The van der Waals surface area contributed by atoms with Gasteiger partial charge in [0.15, 0.2) is 0 Å². The van der Waals surface area contributed by atoms with Crippen molar-refractivity contribution in [2.24, 2.45) is 0 Å². The molecule has 5 N–H and O–H groups in total. The van der Waals surface area contributed by atoms with Gasteiger partial charge in [-0.05, 0) is 18.2 Å². The smallest absolute Gasteiger partial charge is 0.317 e. The number of nitrogens with one attached hydrogen (secondary N) is 1. The SMILES string of the molecule is O=C(O)CN(CC(=O)O)Cc1nc2ccc(NC(=O)CBr)cc2nc1CN(CC(=O)O)CC(=O)O. The predicted molar refractivity (Wildman–Crippen MR) is 123 cm³/mol. The molecule has 188 valence electrons. The molecule has 15 heteroatoms. The lowest BCUT2D eigenvalue weighted by molar-refractivity contribution is -0.144. The molecule has 2 aromatic rings. The zero-order chi connectivity index (χ0) is 26.1. The Morgan fingerprint density at radius 2 is 1.17 bits per heavy atom. The van der Waals surface area contributed by atoms with Crippen molar-refractivity contribution in [3.05, 3.63) is 29.6 Å². The van der Waals surface area contributed by atoms with Gasteiger partial charge in [0.05, 0.1) is 53.9 Å². The Labute approximate surface area is 206 Å². The van der Waals surface area contributed by atoms with E-state index in [1.165, 1.54) is 6.07 Å². The number of halogens is 1. The predicted octanol–water partition coefficient (Wildman–Crippen LogP) is -0.0944. The van der Waals surface area contributed by atoms with Crippen molar-refractivity contribution in [3.63, 3.8) is 0 Å². The Bertz CT molecular complexity index is 1110. The van der Waals surface area contributed by atoms with E-state index in [1.54, 1.807) is 12.1 Å². The van der Waals surface area contributed by atoms with Crippen molar-refractivity contribution in [1.82, 2.24) is 19.8 Å². The maximum atomic E-state index is 11.7. The third kappa shape index (κ3) is 9.23. The third-order valence-corrected chi connectivity index (χ3v) is 4.92. The highest BCUT2D eigenvalue weighted by Gasteiger charge is 2.21. The van der Waals surface area contributed by atoms with E-state index in [2.05, 4.69) is 31.2 Å². The van der Waals surface area contributed by atoms with Crippen molar-refractivity contribution in [2.45, 2.75) is 13.1 Å². The minimum absolute atomic E-state index is 0.0588. The number of hydrogen-bond acceptors (Lipinski definition) is 9. The average molecular weight is 556 g/mol. The summed E-state index contributed by atoms with van der Waals surface area (Å²) in [5, 5.41) is 39.3. The molecule has 0 saturated carbocycles. The molecule has 1 amide bonds. The molecule has 0 bridgehead atoms. The van der Waals surface area contributed by atoms with Crippen LogP contribution in [0.15, 0.2) is 18.2 Å². The third-order valence-electron chi connectivity index (χ3n) is 4.41. The second-order valence-electron chi connectivity index (χ2n) is 7.37. The van der Waals surface area contributed by atoms with E-state index in [0.29, 0.717) is 16.7 Å². The van der Waals surface area contributed by atoms with Crippen LogP contribution in [0.4, 0.5) is 5.69 Å². The molecule has 14 nitrogen and oxygen atoms in total. The average Bonchev–Trinajstić information content (AvgIpc) is 2.72. The van der Waals surface area contributed by atoms with Crippen LogP contribution >= 0.6 is 15.9 Å². The number of amides is 1. The van der Waals surface area contributed by atoms with Gasteiger partial charge < -0.3 is 25.7 Å². The lowest BCUT2D eigenvalue weighted by Gasteiger charge is -2.22. The number of benzene rings is 1. The summed E-state index contributed by atoms with van der Waals surface area (Å²) in [6.07, 6.45) is 0. The molecule has 0 atom stereocenters. The van der Waals surface area contributed by atoms with Gasteiger partial charge in [-0.15, -0.1) is 0 Å². The fraction of sp³-hybridized carbons (Fsp3) is 0.350. The normalized spacial score (nSPS) is 11.1.